The number of H-pyrrole nitrogens is 1. The molecule has 0 bridgehead atoms. The second kappa shape index (κ2) is 8.27. The van der Waals surface area contributed by atoms with E-state index in [0.29, 0.717) is 23.4 Å². The van der Waals surface area contributed by atoms with Gasteiger partial charge < -0.3 is 19.8 Å². The van der Waals surface area contributed by atoms with Gasteiger partial charge >= 0.3 is 0 Å². The molecule has 1 aliphatic heterocycles. The standard InChI is InChI=1S/C19H22N2O3S/c1-13-6-7-14(17(10-13)24-12-15-4-3-9-23-15)11-21-18(22)16-5-2-8-20-19(16)25/h2,5-8,10,15H,3-4,9,11-12H2,1H3,(H,20,25)(H,21,22)/t15-/m1/s1. The first-order chi connectivity index (χ1) is 12.1. The molecular weight excluding hydrogens is 336 g/mol. The van der Waals surface area contributed by atoms with E-state index in [1.54, 1.807) is 18.3 Å². The number of aromatic nitrogens is 1. The van der Waals surface area contributed by atoms with Crippen LogP contribution >= 0.6 is 12.2 Å². The SMILES string of the molecule is Cc1ccc(CNC(=O)c2ccc[nH]c2=S)c(OC[C@H]2CCCO2)c1. The maximum Gasteiger partial charge on any atom is 0.254 e. The van der Waals surface area contributed by atoms with Gasteiger partial charge in [0, 0.05) is 24.9 Å². The van der Waals surface area contributed by atoms with Crippen molar-refractivity contribution >= 4 is 18.1 Å². The number of benzene rings is 1. The molecule has 2 aromatic rings. The third-order valence-electron chi connectivity index (χ3n) is 4.17. The number of carbonyl (C=O) groups excluding carboxylic acids is 1. The monoisotopic (exact) mass is 358 g/mol. The predicted octanol–water partition coefficient (Wildman–Crippen LogP) is 3.54. The molecule has 6 heteroatoms. The van der Waals surface area contributed by atoms with Gasteiger partial charge in [0.05, 0.1) is 11.7 Å². The molecule has 0 saturated carbocycles. The maximum atomic E-state index is 12.3. The summed E-state index contributed by atoms with van der Waals surface area (Å²) in [6.45, 7) is 3.74. The quantitative estimate of drug-likeness (QED) is 0.776. The molecule has 1 amide bonds. The van der Waals surface area contributed by atoms with E-state index in [4.69, 9.17) is 21.7 Å². The highest BCUT2D eigenvalue weighted by atomic mass is 32.1. The number of amides is 1. The van der Waals surface area contributed by atoms with Crippen LogP contribution in [0.15, 0.2) is 36.5 Å². The fourth-order valence-corrected chi connectivity index (χ4v) is 3.00. The number of pyridine rings is 1. The van der Waals surface area contributed by atoms with Crippen molar-refractivity contribution in [1.82, 2.24) is 10.3 Å². The Kier molecular flexibility index (Phi) is 5.83. The molecule has 0 unspecified atom stereocenters. The van der Waals surface area contributed by atoms with Crippen LogP contribution in [-0.2, 0) is 11.3 Å². The van der Waals surface area contributed by atoms with Gasteiger partial charge in [0.1, 0.15) is 17.0 Å². The molecule has 25 heavy (non-hydrogen) atoms. The summed E-state index contributed by atoms with van der Waals surface area (Å²) in [5, 5.41) is 2.91. The molecule has 5 nitrogen and oxygen atoms in total. The molecule has 1 aromatic heterocycles. The molecule has 1 fully saturated rings. The Bertz CT molecular complexity index is 797. The van der Waals surface area contributed by atoms with Crippen LogP contribution in [0, 0.1) is 11.6 Å². The number of hydrogen-bond acceptors (Lipinski definition) is 4. The molecule has 2 N–H and O–H groups in total. The molecule has 1 aromatic carbocycles. The Morgan fingerprint density at radius 3 is 3.08 bits per heavy atom. The molecule has 0 aliphatic carbocycles. The molecule has 1 aliphatic rings. The summed E-state index contributed by atoms with van der Waals surface area (Å²) in [5.74, 6) is 0.585. The zero-order valence-electron chi connectivity index (χ0n) is 14.2. The zero-order chi connectivity index (χ0) is 17.6. The van der Waals surface area contributed by atoms with Gasteiger partial charge in [-0.2, -0.15) is 0 Å². The highest BCUT2D eigenvalue weighted by molar-refractivity contribution is 7.71. The van der Waals surface area contributed by atoms with E-state index in [9.17, 15) is 4.79 Å². The normalized spacial score (nSPS) is 16.6. The van der Waals surface area contributed by atoms with Crippen molar-refractivity contribution < 1.29 is 14.3 Å². The smallest absolute Gasteiger partial charge is 0.254 e. The number of rotatable bonds is 6. The molecule has 1 saturated heterocycles. The highest BCUT2D eigenvalue weighted by Gasteiger charge is 2.17. The van der Waals surface area contributed by atoms with E-state index in [0.717, 1.165) is 36.3 Å². The fraction of sp³-hybridized carbons (Fsp3) is 0.368. The van der Waals surface area contributed by atoms with Gasteiger partial charge in [0.25, 0.3) is 5.91 Å². The number of hydrogen-bond donors (Lipinski definition) is 2. The summed E-state index contributed by atoms with van der Waals surface area (Å²) < 4.78 is 12.0. The van der Waals surface area contributed by atoms with Gasteiger partial charge in [-0.05, 0) is 43.5 Å². The molecule has 3 rings (SSSR count). The number of aryl methyl sites for hydroxylation is 1. The van der Waals surface area contributed by atoms with Crippen LogP contribution < -0.4 is 10.1 Å². The Labute approximate surface area is 152 Å². The summed E-state index contributed by atoms with van der Waals surface area (Å²) in [6, 6.07) is 9.44. The predicted molar refractivity (Wildman–Crippen MR) is 98.4 cm³/mol. The van der Waals surface area contributed by atoms with Crippen molar-refractivity contribution in [3.8, 4) is 5.75 Å². The van der Waals surface area contributed by atoms with Gasteiger partial charge in [0.2, 0.25) is 0 Å². The summed E-state index contributed by atoms with van der Waals surface area (Å²) in [4.78, 5) is 15.2. The number of carbonyl (C=O) groups is 1. The van der Waals surface area contributed by atoms with Gasteiger partial charge in [-0.15, -0.1) is 0 Å². The lowest BCUT2D eigenvalue weighted by atomic mass is 10.1. The highest BCUT2D eigenvalue weighted by Crippen LogP contribution is 2.22. The largest absolute Gasteiger partial charge is 0.491 e. The average molecular weight is 358 g/mol. The van der Waals surface area contributed by atoms with E-state index in [-0.39, 0.29) is 12.0 Å². The van der Waals surface area contributed by atoms with E-state index in [2.05, 4.69) is 10.3 Å². The summed E-state index contributed by atoms with van der Waals surface area (Å²) in [5.41, 5.74) is 2.51. The lowest BCUT2D eigenvalue weighted by molar-refractivity contribution is 0.0675. The van der Waals surface area contributed by atoms with Crippen molar-refractivity contribution in [2.45, 2.75) is 32.4 Å². The second-order valence-corrected chi connectivity index (χ2v) is 6.56. The minimum atomic E-state index is -0.201. The minimum Gasteiger partial charge on any atom is -0.491 e. The van der Waals surface area contributed by atoms with Crippen molar-refractivity contribution in [3.05, 3.63) is 57.9 Å². The third kappa shape index (κ3) is 4.67. The second-order valence-electron chi connectivity index (χ2n) is 6.15. The molecule has 0 spiro atoms. The Morgan fingerprint density at radius 1 is 1.44 bits per heavy atom. The van der Waals surface area contributed by atoms with E-state index < -0.39 is 0 Å². The van der Waals surface area contributed by atoms with Crippen LogP contribution in [0.3, 0.4) is 0 Å². The maximum absolute atomic E-state index is 12.3. The molecule has 0 radical (unpaired) electrons. The first-order valence-electron chi connectivity index (χ1n) is 8.43. The lowest BCUT2D eigenvalue weighted by Crippen LogP contribution is -2.24. The Morgan fingerprint density at radius 2 is 2.32 bits per heavy atom. The van der Waals surface area contributed by atoms with Crippen LogP contribution in [0.5, 0.6) is 5.75 Å². The third-order valence-corrected chi connectivity index (χ3v) is 4.51. The molecule has 2 heterocycles. The minimum absolute atomic E-state index is 0.158. The van der Waals surface area contributed by atoms with Gasteiger partial charge in [0.15, 0.2) is 0 Å². The van der Waals surface area contributed by atoms with Gasteiger partial charge in [-0.1, -0.05) is 24.4 Å². The number of aromatic amines is 1. The van der Waals surface area contributed by atoms with Crippen molar-refractivity contribution in [2.24, 2.45) is 0 Å². The molecule has 1 atom stereocenters. The van der Waals surface area contributed by atoms with E-state index in [1.165, 1.54) is 0 Å². The summed E-state index contributed by atoms with van der Waals surface area (Å²) in [6.07, 6.45) is 3.98. The average Bonchev–Trinajstić information content (AvgIpc) is 3.13. The zero-order valence-corrected chi connectivity index (χ0v) is 15.0. The molecular formula is C19H22N2O3S. The topological polar surface area (TPSA) is 63.4 Å². The van der Waals surface area contributed by atoms with Crippen LogP contribution in [0.1, 0.15) is 34.3 Å². The van der Waals surface area contributed by atoms with Crippen LogP contribution in [-0.4, -0.2) is 30.2 Å². The van der Waals surface area contributed by atoms with Crippen LogP contribution in [0.4, 0.5) is 0 Å². The van der Waals surface area contributed by atoms with Crippen molar-refractivity contribution in [2.75, 3.05) is 13.2 Å². The van der Waals surface area contributed by atoms with E-state index in [1.807, 2.05) is 25.1 Å². The Balaban J connectivity index is 1.66. The molecule has 132 valence electrons. The summed E-state index contributed by atoms with van der Waals surface area (Å²) >= 11 is 5.15. The fourth-order valence-electron chi connectivity index (χ4n) is 2.77. The van der Waals surface area contributed by atoms with Crippen molar-refractivity contribution in [1.29, 1.82) is 0 Å². The number of ether oxygens (including phenoxy) is 2. The lowest BCUT2D eigenvalue weighted by Gasteiger charge is -2.16. The van der Waals surface area contributed by atoms with E-state index >= 15 is 0 Å². The number of nitrogens with one attached hydrogen (secondary N) is 2. The van der Waals surface area contributed by atoms with Crippen molar-refractivity contribution in [3.63, 3.8) is 0 Å². The van der Waals surface area contributed by atoms with Gasteiger partial charge in [-0.3, -0.25) is 4.79 Å². The van der Waals surface area contributed by atoms with Gasteiger partial charge in [-0.25, -0.2) is 0 Å². The van der Waals surface area contributed by atoms with Crippen LogP contribution in [0.25, 0.3) is 0 Å². The Hall–Kier alpha value is -2.18. The first-order valence-corrected chi connectivity index (χ1v) is 8.84. The van der Waals surface area contributed by atoms with Crippen LogP contribution in [0.2, 0.25) is 0 Å². The first kappa shape index (κ1) is 17.6. The summed E-state index contributed by atoms with van der Waals surface area (Å²) in [7, 11) is 0.